The summed E-state index contributed by atoms with van der Waals surface area (Å²) in [6, 6.07) is 18.5. The van der Waals surface area contributed by atoms with E-state index in [1.54, 1.807) is 24.3 Å². The largest absolute Gasteiger partial charge is 0.487 e. The van der Waals surface area contributed by atoms with Gasteiger partial charge in [0.1, 0.15) is 19.0 Å². The van der Waals surface area contributed by atoms with Crippen molar-refractivity contribution in [2.45, 2.75) is 59.7 Å². The molecule has 0 unspecified atom stereocenters. The van der Waals surface area contributed by atoms with E-state index >= 15 is 0 Å². The molecule has 4 aromatic carbocycles. The summed E-state index contributed by atoms with van der Waals surface area (Å²) in [5.41, 5.74) is 6.31. The van der Waals surface area contributed by atoms with Crippen LogP contribution in [0, 0.1) is 6.92 Å². The Balaban J connectivity index is 0.000000270. The maximum Gasteiger partial charge on any atom is 0.307 e. The smallest absolute Gasteiger partial charge is 0.307 e. The van der Waals surface area contributed by atoms with E-state index in [0.717, 1.165) is 54.0 Å². The Hall–Kier alpha value is -3.15. The molecule has 0 spiro atoms. The summed E-state index contributed by atoms with van der Waals surface area (Å²) >= 11 is 25.5. The maximum atomic E-state index is 10.8. The van der Waals surface area contributed by atoms with Crippen molar-refractivity contribution in [3.63, 3.8) is 0 Å². The molecule has 0 aliphatic heterocycles. The Bertz CT molecular complexity index is 1620. The Morgan fingerprint density at radius 2 is 1.10 bits per heavy atom. The van der Waals surface area contributed by atoms with Crippen LogP contribution in [0.5, 0.6) is 11.5 Å². The van der Waals surface area contributed by atoms with E-state index in [0.29, 0.717) is 59.9 Å². The number of aliphatic carboxylic acids is 2. The number of benzene rings is 4. The predicted molar refractivity (Wildman–Crippen MR) is 210 cm³/mol. The molecule has 4 N–H and O–H groups in total. The summed E-state index contributed by atoms with van der Waals surface area (Å²) < 4.78 is 13.1. The van der Waals surface area contributed by atoms with Gasteiger partial charge in [-0.05, 0) is 134 Å². The molecule has 0 aliphatic rings. The van der Waals surface area contributed by atoms with Crippen molar-refractivity contribution < 1.29 is 29.3 Å². The zero-order valence-corrected chi connectivity index (χ0v) is 33.3. The number of carboxylic acids is 2. The SMILES string of the molecule is CCCNc1cc(C)cc(COc2c(Cl)cc(CC(=O)O)cc2Cl)c1.CCCNc1cc(Cl)cc(COc2c(Br)cc(CC(=O)O)cc2Br)c1. The average Bonchev–Trinajstić information content (AvgIpc) is 3.01. The fourth-order valence-electron chi connectivity index (χ4n) is 4.79. The highest BCUT2D eigenvalue weighted by molar-refractivity contribution is 9.11. The molecule has 0 fully saturated rings. The van der Waals surface area contributed by atoms with Gasteiger partial charge in [-0.25, -0.2) is 0 Å². The fourth-order valence-corrected chi connectivity index (χ4v) is 7.20. The Kier molecular flexibility index (Phi) is 17.0. The molecular weight excluding hydrogens is 835 g/mol. The van der Waals surface area contributed by atoms with E-state index < -0.39 is 11.9 Å². The molecule has 0 radical (unpaired) electrons. The maximum absolute atomic E-state index is 10.8. The Morgan fingerprint density at radius 1 is 0.640 bits per heavy atom. The summed E-state index contributed by atoms with van der Waals surface area (Å²) in [7, 11) is 0. The summed E-state index contributed by atoms with van der Waals surface area (Å²) in [5.74, 6) is -0.828. The van der Waals surface area contributed by atoms with Crippen LogP contribution < -0.4 is 20.1 Å². The van der Waals surface area contributed by atoms with Crippen molar-refractivity contribution in [2.75, 3.05) is 23.7 Å². The Labute approximate surface area is 324 Å². The van der Waals surface area contributed by atoms with Crippen LogP contribution in [0.25, 0.3) is 0 Å². The van der Waals surface area contributed by atoms with E-state index in [4.69, 9.17) is 54.5 Å². The summed E-state index contributed by atoms with van der Waals surface area (Å²) in [6.07, 6.45) is 1.90. The van der Waals surface area contributed by atoms with Crippen molar-refractivity contribution in [1.29, 1.82) is 0 Å². The summed E-state index contributed by atoms with van der Waals surface area (Å²) in [4.78, 5) is 21.6. The number of carbonyl (C=O) groups is 2. The van der Waals surface area contributed by atoms with Gasteiger partial charge < -0.3 is 30.3 Å². The molecule has 0 aromatic heterocycles. The molecule has 4 rings (SSSR count). The topological polar surface area (TPSA) is 117 Å². The van der Waals surface area contributed by atoms with Crippen LogP contribution in [-0.2, 0) is 35.6 Å². The van der Waals surface area contributed by atoms with Crippen molar-refractivity contribution in [2.24, 2.45) is 0 Å². The molecule has 0 amide bonds. The van der Waals surface area contributed by atoms with Crippen molar-refractivity contribution in [3.8, 4) is 11.5 Å². The second-order valence-corrected chi connectivity index (χ2v) is 14.4. The number of hydrogen-bond acceptors (Lipinski definition) is 6. The quantitative estimate of drug-likeness (QED) is 0.0879. The van der Waals surface area contributed by atoms with Crippen molar-refractivity contribution in [1.82, 2.24) is 0 Å². The number of ether oxygens (including phenoxy) is 2. The van der Waals surface area contributed by atoms with Crippen LogP contribution in [0.3, 0.4) is 0 Å². The summed E-state index contributed by atoms with van der Waals surface area (Å²) in [6.45, 7) is 8.70. The highest BCUT2D eigenvalue weighted by Gasteiger charge is 2.14. The molecule has 13 heteroatoms. The molecular formula is C37H39Br2Cl3N2O6. The monoisotopic (exact) mass is 870 g/mol. The van der Waals surface area contributed by atoms with Crippen LogP contribution in [0.15, 0.2) is 69.6 Å². The number of nitrogens with one attached hydrogen (secondary N) is 2. The number of hydrogen-bond donors (Lipinski definition) is 4. The fraction of sp³-hybridized carbons (Fsp3) is 0.297. The summed E-state index contributed by atoms with van der Waals surface area (Å²) in [5, 5.41) is 25.7. The highest BCUT2D eigenvalue weighted by Crippen LogP contribution is 2.37. The molecule has 50 heavy (non-hydrogen) atoms. The standard InChI is InChI=1S/C19H21Cl2NO3.C18H18Br2ClNO3/c1-3-4-22-15-6-12(2)5-14(7-15)11-25-19-16(20)8-13(9-17(19)21)10-18(23)24;1-2-3-22-14-5-12(4-13(21)9-14)10-25-18-15(19)6-11(7-16(18)20)8-17(23)24/h5-9,22H,3-4,10-11H2,1-2H3,(H,23,24);4-7,9,22H,2-3,8,10H2,1H3,(H,23,24). The van der Waals surface area contributed by atoms with Crippen LogP contribution in [0.2, 0.25) is 15.1 Å². The minimum atomic E-state index is -0.937. The lowest BCUT2D eigenvalue weighted by Gasteiger charge is -2.13. The first-order chi connectivity index (χ1) is 23.8. The number of anilines is 2. The van der Waals surface area contributed by atoms with Gasteiger partial charge in [0.05, 0.1) is 31.8 Å². The first-order valence-electron chi connectivity index (χ1n) is 15.8. The minimum absolute atomic E-state index is 0.0434. The predicted octanol–water partition coefficient (Wildman–Crippen LogP) is 11.2. The molecule has 268 valence electrons. The zero-order valence-electron chi connectivity index (χ0n) is 27.8. The van der Waals surface area contributed by atoms with Crippen molar-refractivity contribution in [3.05, 3.63) is 112 Å². The van der Waals surface area contributed by atoms with Gasteiger partial charge in [0.25, 0.3) is 0 Å². The average molecular weight is 874 g/mol. The third-order valence-corrected chi connectivity index (χ3v) is 8.80. The van der Waals surface area contributed by atoms with Gasteiger partial charge >= 0.3 is 11.9 Å². The molecule has 0 atom stereocenters. The molecule has 4 aromatic rings. The lowest BCUT2D eigenvalue weighted by molar-refractivity contribution is -0.137. The second-order valence-electron chi connectivity index (χ2n) is 11.4. The first kappa shape index (κ1) is 41.3. The van der Waals surface area contributed by atoms with Gasteiger partial charge in [-0.2, -0.15) is 0 Å². The molecule has 0 saturated carbocycles. The lowest BCUT2D eigenvalue weighted by atomic mass is 10.1. The molecule has 0 saturated heterocycles. The van der Waals surface area contributed by atoms with Crippen LogP contribution in [0.1, 0.15) is 54.5 Å². The van der Waals surface area contributed by atoms with Gasteiger partial charge in [0, 0.05) is 29.5 Å². The number of halogens is 5. The van der Waals surface area contributed by atoms with Gasteiger partial charge in [-0.15, -0.1) is 0 Å². The Morgan fingerprint density at radius 3 is 1.60 bits per heavy atom. The molecule has 0 bridgehead atoms. The van der Waals surface area contributed by atoms with Gasteiger partial charge in [-0.1, -0.05) is 54.7 Å². The number of aryl methyl sites for hydroxylation is 1. The zero-order chi connectivity index (χ0) is 36.8. The van der Waals surface area contributed by atoms with Gasteiger partial charge in [-0.3, -0.25) is 9.59 Å². The number of rotatable bonds is 16. The second kappa shape index (κ2) is 20.6. The first-order valence-corrected chi connectivity index (χ1v) is 18.5. The molecule has 0 aliphatic carbocycles. The molecule has 8 nitrogen and oxygen atoms in total. The molecule has 0 heterocycles. The van der Waals surface area contributed by atoms with Gasteiger partial charge in [0.15, 0.2) is 5.75 Å². The normalized spacial score (nSPS) is 10.6. The third-order valence-electron chi connectivity index (χ3n) is 6.85. The minimum Gasteiger partial charge on any atom is -0.487 e. The van der Waals surface area contributed by atoms with Crippen LogP contribution >= 0.6 is 66.7 Å². The van der Waals surface area contributed by atoms with E-state index in [2.05, 4.69) is 62.4 Å². The van der Waals surface area contributed by atoms with E-state index in [9.17, 15) is 9.59 Å². The van der Waals surface area contributed by atoms with E-state index in [1.807, 2.05) is 37.3 Å². The van der Waals surface area contributed by atoms with Crippen LogP contribution in [0.4, 0.5) is 11.4 Å². The van der Waals surface area contributed by atoms with E-state index in [1.165, 1.54) is 0 Å². The van der Waals surface area contributed by atoms with E-state index in [-0.39, 0.29) is 12.8 Å². The highest BCUT2D eigenvalue weighted by atomic mass is 79.9. The van der Waals surface area contributed by atoms with Gasteiger partial charge in [0.2, 0.25) is 0 Å². The third kappa shape index (κ3) is 13.9. The lowest BCUT2D eigenvalue weighted by Crippen LogP contribution is -2.03. The van der Waals surface area contributed by atoms with Crippen LogP contribution in [-0.4, -0.2) is 35.2 Å². The van der Waals surface area contributed by atoms with Crippen molar-refractivity contribution >= 4 is 90.0 Å². The number of carboxylic acid groups (broad SMARTS) is 2.